The number of aliphatic hydroxyl groups is 1. The second kappa shape index (κ2) is 16.2. The van der Waals surface area contributed by atoms with E-state index in [4.69, 9.17) is 10.8 Å². The Balaban J connectivity index is 0.000000777. The first-order chi connectivity index (χ1) is 20.9. The lowest BCUT2D eigenvalue weighted by molar-refractivity contribution is -0.143. The number of alkyl halides is 6. The lowest BCUT2D eigenvalue weighted by atomic mass is 9.83. The molecule has 0 radical (unpaired) electrons. The van der Waals surface area contributed by atoms with Gasteiger partial charge in [0, 0.05) is 30.6 Å². The molecule has 1 amide bonds. The number of amides is 1. The Labute approximate surface area is 257 Å². The highest BCUT2D eigenvalue weighted by Crippen LogP contribution is 2.37. The fourth-order valence-corrected chi connectivity index (χ4v) is 4.65. The Kier molecular flexibility index (Phi) is 13.4. The van der Waals surface area contributed by atoms with Crippen LogP contribution in [-0.4, -0.2) is 52.7 Å². The molecule has 0 saturated heterocycles. The molecule has 0 aromatic heterocycles. The third kappa shape index (κ3) is 11.4. The summed E-state index contributed by atoms with van der Waals surface area (Å²) in [7, 11) is 1.20. The van der Waals surface area contributed by atoms with Crippen LogP contribution in [0.2, 0.25) is 0 Å². The van der Waals surface area contributed by atoms with Crippen molar-refractivity contribution in [3.05, 3.63) is 119 Å². The highest BCUT2D eigenvalue weighted by atomic mass is 19.4. The number of carboxylic acid groups (broad SMARTS) is 1. The van der Waals surface area contributed by atoms with Gasteiger partial charge in [-0.05, 0) is 41.7 Å². The Morgan fingerprint density at radius 1 is 0.844 bits per heavy atom. The number of likely N-dealkylation sites (N-methyl/N-ethyl adjacent to an activating group) is 1. The zero-order valence-electron chi connectivity index (χ0n) is 24.9. The zero-order valence-corrected chi connectivity index (χ0v) is 24.9. The van der Waals surface area contributed by atoms with Gasteiger partial charge in [0.1, 0.15) is 0 Å². The molecule has 2 atom stereocenters. The number of halogens is 6. The van der Waals surface area contributed by atoms with Crippen LogP contribution in [0, 0.1) is 5.92 Å². The Morgan fingerprint density at radius 3 is 1.62 bits per heavy atom. The van der Waals surface area contributed by atoms with E-state index in [0.29, 0.717) is 29.2 Å². The number of nitrogens with two attached hydrogens (primary N) is 1. The lowest BCUT2D eigenvalue weighted by Gasteiger charge is -2.34. The fourth-order valence-electron chi connectivity index (χ4n) is 4.65. The van der Waals surface area contributed by atoms with E-state index in [1.807, 2.05) is 0 Å². The van der Waals surface area contributed by atoms with Gasteiger partial charge < -0.3 is 20.8 Å². The standard InChI is InChI=1S/C27H21F6NO3.C6H15NO/c1-34(25(37)19-14-20(26(28,29)30)16-21(15-19)27(31,32)33)22(12-13-23(35)36)24(17-8-4-2-5-9-17)18-10-6-3-7-11-18;1-5(2)3-6(7)4-8/h2-16,22,24H,1H3,(H,35,36);5-6,8H,3-4,7H2,1-2H3/t;6-/m.0/s1. The first-order valence-corrected chi connectivity index (χ1v) is 13.9. The molecule has 1 unspecified atom stereocenters. The predicted molar refractivity (Wildman–Crippen MR) is 158 cm³/mol. The summed E-state index contributed by atoms with van der Waals surface area (Å²) in [6.07, 6.45) is -7.39. The van der Waals surface area contributed by atoms with Crippen molar-refractivity contribution in [2.45, 2.75) is 50.6 Å². The monoisotopic (exact) mass is 638 g/mol. The minimum absolute atomic E-state index is 0.0185. The van der Waals surface area contributed by atoms with E-state index in [1.54, 1.807) is 60.7 Å². The molecular weight excluding hydrogens is 602 g/mol. The summed E-state index contributed by atoms with van der Waals surface area (Å²) >= 11 is 0. The average Bonchev–Trinajstić information content (AvgIpc) is 2.98. The van der Waals surface area contributed by atoms with Gasteiger partial charge in [-0.2, -0.15) is 26.3 Å². The van der Waals surface area contributed by atoms with Crippen molar-refractivity contribution in [2.75, 3.05) is 13.7 Å². The fraction of sp³-hybridized carbons (Fsp3) is 0.333. The summed E-state index contributed by atoms with van der Waals surface area (Å²) in [5, 5.41) is 17.7. The third-order valence-electron chi connectivity index (χ3n) is 6.71. The maximum absolute atomic E-state index is 13.4. The second-order valence-electron chi connectivity index (χ2n) is 10.8. The average molecular weight is 639 g/mol. The van der Waals surface area contributed by atoms with Crippen LogP contribution in [0.15, 0.2) is 91.0 Å². The molecule has 0 saturated carbocycles. The Hall–Kier alpha value is -4.16. The van der Waals surface area contributed by atoms with Crippen LogP contribution < -0.4 is 5.73 Å². The number of hydrogen-bond acceptors (Lipinski definition) is 4. The van der Waals surface area contributed by atoms with Gasteiger partial charge in [0.05, 0.1) is 23.8 Å². The predicted octanol–water partition coefficient (Wildman–Crippen LogP) is 6.99. The summed E-state index contributed by atoms with van der Waals surface area (Å²) in [5.74, 6) is -2.59. The van der Waals surface area contributed by atoms with Crippen LogP contribution in [0.3, 0.4) is 0 Å². The van der Waals surface area contributed by atoms with Gasteiger partial charge in [-0.1, -0.05) is 80.6 Å². The minimum atomic E-state index is -5.13. The van der Waals surface area contributed by atoms with Crippen molar-refractivity contribution in [3.63, 3.8) is 0 Å². The number of aliphatic carboxylic acids is 1. The lowest BCUT2D eigenvalue weighted by Crippen LogP contribution is -2.40. The van der Waals surface area contributed by atoms with E-state index < -0.39 is 52.9 Å². The van der Waals surface area contributed by atoms with Gasteiger partial charge in [-0.15, -0.1) is 0 Å². The zero-order chi connectivity index (χ0) is 33.9. The van der Waals surface area contributed by atoms with Gasteiger partial charge in [-0.25, -0.2) is 4.79 Å². The first-order valence-electron chi connectivity index (χ1n) is 13.9. The summed E-state index contributed by atoms with van der Waals surface area (Å²) in [6.45, 7) is 4.29. The molecule has 0 aliphatic carbocycles. The number of aliphatic hydroxyl groups excluding tert-OH is 1. The number of nitrogens with zero attached hydrogens (tertiary/aromatic N) is 1. The van der Waals surface area contributed by atoms with Crippen molar-refractivity contribution < 1.29 is 46.1 Å². The first kappa shape index (κ1) is 37.0. The second-order valence-corrected chi connectivity index (χ2v) is 10.8. The van der Waals surface area contributed by atoms with Crippen molar-refractivity contribution >= 4 is 11.9 Å². The molecule has 3 aromatic rings. The molecule has 0 aliphatic heterocycles. The molecule has 0 fully saturated rings. The molecule has 45 heavy (non-hydrogen) atoms. The van der Waals surface area contributed by atoms with E-state index in [2.05, 4.69) is 13.8 Å². The van der Waals surface area contributed by atoms with Gasteiger partial charge in [0.2, 0.25) is 0 Å². The quantitative estimate of drug-likeness (QED) is 0.164. The van der Waals surface area contributed by atoms with E-state index in [0.717, 1.165) is 17.4 Å². The van der Waals surface area contributed by atoms with E-state index in [1.165, 1.54) is 13.1 Å². The molecule has 0 aliphatic rings. The highest BCUT2D eigenvalue weighted by Gasteiger charge is 2.38. The Bertz CT molecular complexity index is 1340. The van der Waals surface area contributed by atoms with Crippen LogP contribution in [0.1, 0.15) is 58.8 Å². The van der Waals surface area contributed by atoms with Gasteiger partial charge in [-0.3, -0.25) is 4.79 Å². The molecule has 0 bridgehead atoms. The molecule has 0 spiro atoms. The van der Waals surface area contributed by atoms with Crippen LogP contribution in [0.25, 0.3) is 0 Å². The van der Waals surface area contributed by atoms with Gasteiger partial charge in [0.15, 0.2) is 0 Å². The maximum Gasteiger partial charge on any atom is 0.416 e. The van der Waals surface area contributed by atoms with Crippen molar-refractivity contribution in [1.29, 1.82) is 0 Å². The highest BCUT2D eigenvalue weighted by molar-refractivity contribution is 5.95. The number of rotatable bonds is 10. The van der Waals surface area contributed by atoms with Gasteiger partial charge >= 0.3 is 18.3 Å². The van der Waals surface area contributed by atoms with E-state index in [9.17, 15) is 41.0 Å². The van der Waals surface area contributed by atoms with Crippen LogP contribution >= 0.6 is 0 Å². The van der Waals surface area contributed by atoms with Crippen molar-refractivity contribution in [2.24, 2.45) is 11.7 Å². The number of carboxylic acids is 1. The molecule has 244 valence electrons. The van der Waals surface area contributed by atoms with Crippen LogP contribution in [-0.2, 0) is 17.1 Å². The number of carbonyl (C=O) groups is 2. The molecule has 12 heteroatoms. The molecule has 3 rings (SSSR count). The SMILES string of the molecule is CC(C)C[C@H](N)CO.CN(C(=O)c1cc(C(F)(F)F)cc(C(F)(F)F)c1)C(C=CC(=O)O)C(c1ccccc1)c1ccccc1. The summed E-state index contributed by atoms with van der Waals surface area (Å²) in [6, 6.07) is 16.8. The number of hydrogen-bond donors (Lipinski definition) is 3. The van der Waals surface area contributed by atoms with Gasteiger partial charge in [0.25, 0.3) is 5.91 Å². The van der Waals surface area contributed by atoms with Crippen molar-refractivity contribution in [1.82, 2.24) is 4.90 Å². The van der Waals surface area contributed by atoms with E-state index >= 15 is 0 Å². The van der Waals surface area contributed by atoms with Crippen molar-refractivity contribution in [3.8, 4) is 0 Å². The normalized spacial score (nSPS) is 13.4. The molecule has 3 aromatic carbocycles. The molecule has 4 N–H and O–H groups in total. The molecule has 6 nitrogen and oxygen atoms in total. The summed E-state index contributed by atoms with van der Waals surface area (Å²) < 4.78 is 80.2. The number of benzene rings is 3. The molecular formula is C33H36F6N2O4. The maximum atomic E-state index is 13.4. The summed E-state index contributed by atoms with van der Waals surface area (Å²) in [5.41, 5.74) is 2.63. The minimum Gasteiger partial charge on any atom is -0.478 e. The molecule has 0 heterocycles. The topological polar surface area (TPSA) is 104 Å². The smallest absolute Gasteiger partial charge is 0.416 e. The van der Waals surface area contributed by atoms with Crippen LogP contribution in [0.5, 0.6) is 0 Å². The van der Waals surface area contributed by atoms with Crippen LogP contribution in [0.4, 0.5) is 26.3 Å². The largest absolute Gasteiger partial charge is 0.478 e. The third-order valence-corrected chi connectivity index (χ3v) is 6.71. The van der Waals surface area contributed by atoms with E-state index in [-0.39, 0.29) is 18.7 Å². The number of carbonyl (C=O) groups excluding carboxylic acids is 1. The Morgan fingerprint density at radius 2 is 1.29 bits per heavy atom. The summed E-state index contributed by atoms with van der Waals surface area (Å²) in [4.78, 5) is 25.6.